The van der Waals surface area contributed by atoms with E-state index in [0.29, 0.717) is 15.7 Å². The van der Waals surface area contributed by atoms with Crippen LogP contribution in [0.2, 0.25) is 10.0 Å². The average molecular weight is 232 g/mol. The van der Waals surface area contributed by atoms with E-state index in [2.05, 4.69) is 4.98 Å². The third-order valence-electron chi connectivity index (χ3n) is 1.87. The summed E-state index contributed by atoms with van der Waals surface area (Å²) >= 11 is 11.6. The van der Waals surface area contributed by atoms with Gasteiger partial charge >= 0.3 is 0 Å². The van der Waals surface area contributed by atoms with Crippen LogP contribution in [0.25, 0.3) is 0 Å². The van der Waals surface area contributed by atoms with Gasteiger partial charge in [-0.05, 0) is 6.07 Å². The molecule has 0 fully saturated rings. The van der Waals surface area contributed by atoms with Crippen molar-refractivity contribution in [1.29, 1.82) is 0 Å². The lowest BCUT2D eigenvalue weighted by Gasteiger charge is -2.05. The highest BCUT2D eigenvalue weighted by Gasteiger charge is 2.11. The molecule has 0 N–H and O–H groups in total. The molecule has 0 amide bonds. The predicted octanol–water partition coefficient (Wildman–Crippen LogP) is 3.16. The number of carbonyl (C=O) groups excluding carboxylic acids is 1. The van der Waals surface area contributed by atoms with Crippen molar-refractivity contribution in [3.8, 4) is 0 Å². The first-order valence-electron chi connectivity index (χ1n) is 4.33. The Hall–Kier alpha value is -0.600. The highest BCUT2D eigenvalue weighted by atomic mass is 35.5. The number of halogens is 2. The van der Waals surface area contributed by atoms with Gasteiger partial charge < -0.3 is 0 Å². The fourth-order valence-electron chi connectivity index (χ4n) is 0.942. The average Bonchev–Trinajstić information content (AvgIpc) is 2.09. The van der Waals surface area contributed by atoms with E-state index in [-0.39, 0.29) is 18.1 Å². The molecular weight excluding hydrogens is 221 g/mol. The molecule has 0 atom stereocenters. The first-order valence-corrected chi connectivity index (χ1v) is 5.09. The Morgan fingerprint density at radius 3 is 2.64 bits per heavy atom. The summed E-state index contributed by atoms with van der Waals surface area (Å²) in [6.07, 6.45) is 1.77. The molecule has 14 heavy (non-hydrogen) atoms. The van der Waals surface area contributed by atoms with Crippen molar-refractivity contribution >= 4 is 29.0 Å². The van der Waals surface area contributed by atoms with E-state index in [0.717, 1.165) is 0 Å². The van der Waals surface area contributed by atoms with E-state index >= 15 is 0 Å². The van der Waals surface area contributed by atoms with Gasteiger partial charge in [-0.2, -0.15) is 0 Å². The second-order valence-electron chi connectivity index (χ2n) is 3.38. The Balaban J connectivity index is 2.82. The smallest absolute Gasteiger partial charge is 0.141 e. The predicted molar refractivity (Wildman–Crippen MR) is 57.8 cm³/mol. The molecule has 0 aliphatic carbocycles. The fourth-order valence-corrected chi connectivity index (χ4v) is 1.39. The molecule has 0 saturated carbocycles. The van der Waals surface area contributed by atoms with Gasteiger partial charge in [0, 0.05) is 12.1 Å². The Kier molecular flexibility index (Phi) is 3.90. The zero-order valence-corrected chi connectivity index (χ0v) is 9.56. The fraction of sp³-hybridized carbons (Fsp3) is 0.400. The second-order valence-corrected chi connectivity index (χ2v) is 4.22. The second kappa shape index (κ2) is 4.76. The Morgan fingerprint density at radius 2 is 2.14 bits per heavy atom. The van der Waals surface area contributed by atoms with Gasteiger partial charge in [-0.25, -0.2) is 0 Å². The van der Waals surface area contributed by atoms with Crippen molar-refractivity contribution in [3.05, 3.63) is 28.0 Å². The standard InChI is InChI=1S/C10H11Cl2NO/c1-6(2)10(14)4-9-8(12)3-7(11)5-13-9/h3,5-6H,4H2,1-2H3. The third-order valence-corrected chi connectivity index (χ3v) is 2.40. The molecule has 1 aromatic heterocycles. The van der Waals surface area contributed by atoms with Crippen LogP contribution in [0, 0.1) is 5.92 Å². The number of Topliss-reactive ketones (excluding diaryl/α,β-unsaturated/α-hetero) is 1. The molecule has 2 nitrogen and oxygen atoms in total. The number of ketones is 1. The van der Waals surface area contributed by atoms with E-state index < -0.39 is 0 Å². The topological polar surface area (TPSA) is 30.0 Å². The van der Waals surface area contributed by atoms with Crippen molar-refractivity contribution in [1.82, 2.24) is 4.98 Å². The van der Waals surface area contributed by atoms with Gasteiger partial charge in [-0.3, -0.25) is 9.78 Å². The monoisotopic (exact) mass is 231 g/mol. The number of rotatable bonds is 3. The molecule has 0 bridgehead atoms. The minimum atomic E-state index is 0.00328. The van der Waals surface area contributed by atoms with Gasteiger partial charge in [0.25, 0.3) is 0 Å². The molecule has 0 spiro atoms. The van der Waals surface area contributed by atoms with E-state index in [1.807, 2.05) is 13.8 Å². The quantitative estimate of drug-likeness (QED) is 0.801. The molecule has 0 aliphatic rings. The zero-order valence-electron chi connectivity index (χ0n) is 8.05. The highest BCUT2D eigenvalue weighted by Crippen LogP contribution is 2.19. The lowest BCUT2D eigenvalue weighted by atomic mass is 10.0. The van der Waals surface area contributed by atoms with Crippen LogP contribution in [0.3, 0.4) is 0 Å². The summed E-state index contributed by atoms with van der Waals surface area (Å²) in [4.78, 5) is 15.4. The van der Waals surface area contributed by atoms with Crippen molar-refractivity contribution in [3.63, 3.8) is 0 Å². The van der Waals surface area contributed by atoms with Crippen molar-refractivity contribution in [2.45, 2.75) is 20.3 Å². The van der Waals surface area contributed by atoms with Gasteiger partial charge in [0.2, 0.25) is 0 Å². The maximum atomic E-state index is 11.4. The van der Waals surface area contributed by atoms with Crippen molar-refractivity contribution in [2.75, 3.05) is 0 Å². The van der Waals surface area contributed by atoms with Crippen molar-refractivity contribution < 1.29 is 4.79 Å². The van der Waals surface area contributed by atoms with E-state index in [4.69, 9.17) is 23.2 Å². The SMILES string of the molecule is CC(C)C(=O)Cc1ncc(Cl)cc1Cl. The van der Waals surface area contributed by atoms with E-state index in [1.165, 1.54) is 6.20 Å². The Morgan fingerprint density at radius 1 is 1.50 bits per heavy atom. The number of hydrogen-bond acceptors (Lipinski definition) is 2. The summed E-state index contributed by atoms with van der Waals surface area (Å²) in [5.41, 5.74) is 0.592. The molecule has 0 aliphatic heterocycles. The van der Waals surface area contributed by atoms with Gasteiger partial charge in [0.05, 0.1) is 22.2 Å². The molecule has 0 aromatic carbocycles. The summed E-state index contributed by atoms with van der Waals surface area (Å²) in [5.74, 6) is 0.130. The van der Waals surface area contributed by atoms with Crippen LogP contribution in [0.1, 0.15) is 19.5 Å². The largest absolute Gasteiger partial charge is 0.299 e. The number of pyridine rings is 1. The molecule has 76 valence electrons. The normalized spacial score (nSPS) is 10.6. The van der Waals surface area contributed by atoms with Gasteiger partial charge in [-0.15, -0.1) is 0 Å². The lowest BCUT2D eigenvalue weighted by molar-refractivity contribution is -0.121. The minimum Gasteiger partial charge on any atom is -0.299 e. The maximum Gasteiger partial charge on any atom is 0.141 e. The molecule has 0 saturated heterocycles. The maximum absolute atomic E-state index is 11.4. The Labute approximate surface area is 93.2 Å². The van der Waals surface area contributed by atoms with Crippen LogP contribution >= 0.6 is 23.2 Å². The van der Waals surface area contributed by atoms with Crippen LogP contribution in [-0.4, -0.2) is 10.8 Å². The van der Waals surface area contributed by atoms with Crippen LogP contribution in [-0.2, 0) is 11.2 Å². The van der Waals surface area contributed by atoms with Gasteiger partial charge in [0.15, 0.2) is 0 Å². The molecule has 1 aromatic rings. The highest BCUT2D eigenvalue weighted by molar-refractivity contribution is 6.34. The summed E-state index contributed by atoms with van der Waals surface area (Å²) in [6, 6.07) is 1.60. The third kappa shape index (κ3) is 2.96. The number of aromatic nitrogens is 1. The number of hydrogen-bond donors (Lipinski definition) is 0. The number of carbonyl (C=O) groups is 1. The summed E-state index contributed by atoms with van der Waals surface area (Å²) in [5, 5.41) is 0.933. The molecule has 1 rings (SSSR count). The van der Waals surface area contributed by atoms with Gasteiger partial charge in [0.1, 0.15) is 5.78 Å². The molecule has 4 heteroatoms. The van der Waals surface area contributed by atoms with Crippen LogP contribution < -0.4 is 0 Å². The van der Waals surface area contributed by atoms with Crippen LogP contribution in [0.5, 0.6) is 0 Å². The first-order chi connectivity index (χ1) is 6.50. The molecular formula is C10H11Cl2NO. The summed E-state index contributed by atoms with van der Waals surface area (Å²) < 4.78 is 0. The summed E-state index contributed by atoms with van der Waals surface area (Å²) in [6.45, 7) is 3.71. The molecule has 0 unspecified atom stereocenters. The Bertz CT molecular complexity index is 350. The van der Waals surface area contributed by atoms with Gasteiger partial charge in [-0.1, -0.05) is 37.0 Å². The van der Waals surface area contributed by atoms with Crippen molar-refractivity contribution in [2.24, 2.45) is 5.92 Å². The summed E-state index contributed by atoms with van der Waals surface area (Å²) in [7, 11) is 0. The van der Waals surface area contributed by atoms with E-state index in [9.17, 15) is 4.79 Å². The molecule has 1 heterocycles. The van der Waals surface area contributed by atoms with E-state index in [1.54, 1.807) is 6.07 Å². The lowest BCUT2D eigenvalue weighted by Crippen LogP contribution is -2.11. The first kappa shape index (κ1) is 11.5. The van der Waals surface area contributed by atoms with Crippen LogP contribution in [0.15, 0.2) is 12.3 Å². The molecule has 0 radical (unpaired) electrons. The minimum absolute atomic E-state index is 0.00328. The zero-order chi connectivity index (χ0) is 10.7. The number of nitrogens with zero attached hydrogens (tertiary/aromatic N) is 1. The van der Waals surface area contributed by atoms with Crippen LogP contribution in [0.4, 0.5) is 0 Å².